The van der Waals surface area contributed by atoms with Crippen LogP contribution in [0.15, 0.2) is 11.6 Å². The van der Waals surface area contributed by atoms with Gasteiger partial charge in [-0.3, -0.25) is 11.3 Å². The minimum atomic E-state index is 0.157. The Balaban J connectivity index is 2.58. The summed E-state index contributed by atoms with van der Waals surface area (Å²) in [5.74, 6) is 5.61. The van der Waals surface area contributed by atoms with E-state index < -0.39 is 0 Å². The summed E-state index contributed by atoms with van der Waals surface area (Å²) in [4.78, 5) is 0. The fraction of sp³-hybridized carbons (Fsp3) is 0.833. The van der Waals surface area contributed by atoms with Gasteiger partial charge in [0.05, 0.1) is 12.1 Å². The average molecular weight is 212 g/mol. The lowest BCUT2D eigenvalue weighted by Gasteiger charge is -2.25. The normalized spacial score (nSPS) is 21.7. The standard InChI is InChI=1S/C12H24N2O/c1-3-15-10(2)12(14-13)11-8-6-4-5-7-9-11/h8,10,12,14H,3-7,9,13H2,1-2H3. The van der Waals surface area contributed by atoms with E-state index in [2.05, 4.69) is 18.4 Å². The highest BCUT2D eigenvalue weighted by Gasteiger charge is 2.20. The van der Waals surface area contributed by atoms with Crippen molar-refractivity contribution in [3.63, 3.8) is 0 Å². The van der Waals surface area contributed by atoms with Gasteiger partial charge in [0.25, 0.3) is 0 Å². The van der Waals surface area contributed by atoms with Gasteiger partial charge in [-0.2, -0.15) is 0 Å². The Bertz CT molecular complexity index is 204. The van der Waals surface area contributed by atoms with Crippen molar-refractivity contribution in [2.24, 2.45) is 5.84 Å². The average Bonchev–Trinajstić information content (AvgIpc) is 2.48. The topological polar surface area (TPSA) is 47.3 Å². The molecule has 0 aromatic carbocycles. The number of hydrazine groups is 1. The van der Waals surface area contributed by atoms with E-state index in [1.54, 1.807) is 0 Å². The van der Waals surface area contributed by atoms with Gasteiger partial charge < -0.3 is 4.74 Å². The van der Waals surface area contributed by atoms with E-state index in [9.17, 15) is 0 Å². The van der Waals surface area contributed by atoms with Crippen LogP contribution < -0.4 is 11.3 Å². The molecule has 0 heterocycles. The molecule has 1 rings (SSSR count). The molecule has 3 N–H and O–H groups in total. The summed E-state index contributed by atoms with van der Waals surface area (Å²) in [6.07, 6.45) is 8.77. The van der Waals surface area contributed by atoms with Gasteiger partial charge in [-0.1, -0.05) is 18.1 Å². The van der Waals surface area contributed by atoms with Crippen LogP contribution in [-0.2, 0) is 4.74 Å². The van der Waals surface area contributed by atoms with Crippen LogP contribution in [-0.4, -0.2) is 18.8 Å². The Morgan fingerprint density at radius 1 is 1.47 bits per heavy atom. The fourth-order valence-electron chi connectivity index (χ4n) is 2.23. The Hall–Kier alpha value is -0.380. The first-order valence-electron chi connectivity index (χ1n) is 6.06. The van der Waals surface area contributed by atoms with Crippen LogP contribution in [0.5, 0.6) is 0 Å². The predicted octanol–water partition coefficient (Wildman–Crippen LogP) is 2.13. The highest BCUT2D eigenvalue weighted by atomic mass is 16.5. The second-order valence-corrected chi connectivity index (χ2v) is 4.18. The lowest BCUT2D eigenvalue weighted by molar-refractivity contribution is 0.0557. The van der Waals surface area contributed by atoms with Crippen molar-refractivity contribution in [2.45, 2.75) is 58.1 Å². The first-order chi connectivity index (χ1) is 7.29. The predicted molar refractivity (Wildman–Crippen MR) is 63.4 cm³/mol. The number of rotatable bonds is 5. The van der Waals surface area contributed by atoms with Crippen molar-refractivity contribution in [1.29, 1.82) is 0 Å². The zero-order valence-corrected chi connectivity index (χ0v) is 9.96. The molecule has 88 valence electrons. The van der Waals surface area contributed by atoms with Crippen molar-refractivity contribution < 1.29 is 4.74 Å². The number of hydrogen-bond acceptors (Lipinski definition) is 3. The zero-order valence-electron chi connectivity index (χ0n) is 9.96. The van der Waals surface area contributed by atoms with Crippen LogP contribution in [0.1, 0.15) is 46.0 Å². The molecule has 2 unspecified atom stereocenters. The van der Waals surface area contributed by atoms with Crippen molar-refractivity contribution in [2.75, 3.05) is 6.61 Å². The van der Waals surface area contributed by atoms with Crippen molar-refractivity contribution in [3.8, 4) is 0 Å². The second kappa shape index (κ2) is 6.99. The summed E-state index contributed by atoms with van der Waals surface area (Å²) in [7, 11) is 0. The monoisotopic (exact) mass is 212 g/mol. The Morgan fingerprint density at radius 2 is 2.27 bits per heavy atom. The van der Waals surface area contributed by atoms with Crippen LogP contribution in [0, 0.1) is 0 Å². The lowest BCUT2D eigenvalue weighted by Crippen LogP contribution is -2.45. The van der Waals surface area contributed by atoms with Crippen molar-refractivity contribution >= 4 is 0 Å². The fourth-order valence-corrected chi connectivity index (χ4v) is 2.23. The quantitative estimate of drug-likeness (QED) is 0.417. The minimum absolute atomic E-state index is 0.157. The number of nitrogens with two attached hydrogens (primary N) is 1. The maximum Gasteiger partial charge on any atom is 0.0751 e. The van der Waals surface area contributed by atoms with Gasteiger partial charge in [-0.15, -0.1) is 0 Å². The van der Waals surface area contributed by atoms with Crippen LogP contribution in [0.4, 0.5) is 0 Å². The molecule has 0 fully saturated rings. The molecule has 0 saturated heterocycles. The second-order valence-electron chi connectivity index (χ2n) is 4.18. The molecule has 0 radical (unpaired) electrons. The highest BCUT2D eigenvalue weighted by Crippen LogP contribution is 2.22. The molecule has 0 aliphatic heterocycles. The highest BCUT2D eigenvalue weighted by molar-refractivity contribution is 5.13. The first-order valence-corrected chi connectivity index (χ1v) is 6.06. The van der Waals surface area contributed by atoms with Gasteiger partial charge in [-0.05, 0) is 39.5 Å². The number of hydrogen-bond donors (Lipinski definition) is 2. The zero-order chi connectivity index (χ0) is 11.1. The van der Waals surface area contributed by atoms with Crippen LogP contribution in [0.3, 0.4) is 0 Å². The molecule has 3 nitrogen and oxygen atoms in total. The number of ether oxygens (including phenoxy) is 1. The molecular formula is C12H24N2O. The van der Waals surface area contributed by atoms with Gasteiger partial charge in [0.1, 0.15) is 0 Å². The summed E-state index contributed by atoms with van der Waals surface area (Å²) in [6.45, 7) is 4.85. The summed E-state index contributed by atoms with van der Waals surface area (Å²) in [6, 6.07) is 0.183. The van der Waals surface area contributed by atoms with Crippen molar-refractivity contribution in [3.05, 3.63) is 11.6 Å². The van der Waals surface area contributed by atoms with E-state index in [1.165, 1.54) is 31.3 Å². The van der Waals surface area contributed by atoms with Crippen LogP contribution in [0.25, 0.3) is 0 Å². The number of allylic oxidation sites excluding steroid dienone is 1. The maximum absolute atomic E-state index is 5.61. The first kappa shape index (κ1) is 12.7. The van der Waals surface area contributed by atoms with Gasteiger partial charge in [0, 0.05) is 6.61 Å². The van der Waals surface area contributed by atoms with Gasteiger partial charge in [0.2, 0.25) is 0 Å². The summed E-state index contributed by atoms with van der Waals surface area (Å²) >= 11 is 0. The molecule has 2 atom stereocenters. The SMILES string of the molecule is CCOC(C)C(NN)C1=CCCCCC1. The molecule has 0 saturated carbocycles. The third kappa shape index (κ3) is 3.93. The van der Waals surface area contributed by atoms with E-state index >= 15 is 0 Å². The van der Waals surface area contributed by atoms with E-state index in [4.69, 9.17) is 10.6 Å². The van der Waals surface area contributed by atoms with Crippen molar-refractivity contribution in [1.82, 2.24) is 5.43 Å². The van der Waals surface area contributed by atoms with Gasteiger partial charge in [-0.25, -0.2) is 0 Å². The van der Waals surface area contributed by atoms with E-state index in [0.717, 1.165) is 13.0 Å². The third-order valence-corrected chi connectivity index (χ3v) is 3.05. The maximum atomic E-state index is 5.61. The molecule has 0 aromatic rings. The molecule has 0 spiro atoms. The lowest BCUT2D eigenvalue weighted by atomic mass is 9.98. The molecule has 15 heavy (non-hydrogen) atoms. The van der Waals surface area contributed by atoms with Gasteiger partial charge in [0.15, 0.2) is 0 Å². The number of nitrogens with one attached hydrogen (secondary N) is 1. The molecule has 0 amide bonds. The van der Waals surface area contributed by atoms with E-state index in [1.807, 2.05) is 6.92 Å². The van der Waals surface area contributed by atoms with Crippen LogP contribution >= 0.6 is 0 Å². The van der Waals surface area contributed by atoms with Crippen LogP contribution in [0.2, 0.25) is 0 Å². The molecule has 0 bridgehead atoms. The Morgan fingerprint density at radius 3 is 2.93 bits per heavy atom. The summed E-state index contributed by atoms with van der Waals surface area (Å²) in [5.41, 5.74) is 4.32. The Kier molecular flexibility index (Phi) is 5.91. The third-order valence-electron chi connectivity index (χ3n) is 3.05. The Labute approximate surface area is 93.0 Å². The molecule has 1 aliphatic carbocycles. The minimum Gasteiger partial charge on any atom is -0.377 e. The smallest absolute Gasteiger partial charge is 0.0751 e. The molecular weight excluding hydrogens is 188 g/mol. The summed E-state index contributed by atoms with van der Waals surface area (Å²) < 4.78 is 5.61. The summed E-state index contributed by atoms with van der Waals surface area (Å²) in [5, 5.41) is 0. The van der Waals surface area contributed by atoms with E-state index in [0.29, 0.717) is 0 Å². The molecule has 1 aliphatic rings. The molecule has 0 aromatic heterocycles. The van der Waals surface area contributed by atoms with Gasteiger partial charge >= 0.3 is 0 Å². The molecule has 3 heteroatoms. The van der Waals surface area contributed by atoms with E-state index in [-0.39, 0.29) is 12.1 Å². The largest absolute Gasteiger partial charge is 0.377 e.